The van der Waals surface area contributed by atoms with Crippen molar-refractivity contribution >= 4 is 27.8 Å². The van der Waals surface area contributed by atoms with Crippen LogP contribution in [0.15, 0.2) is 22.9 Å². The van der Waals surface area contributed by atoms with Gasteiger partial charge in [0.2, 0.25) is 11.9 Å². The molecule has 8 heteroatoms. The molecule has 1 aliphatic heterocycles. The van der Waals surface area contributed by atoms with Crippen molar-refractivity contribution in [2.75, 3.05) is 19.5 Å². The van der Waals surface area contributed by atoms with Crippen molar-refractivity contribution in [3.8, 4) is 11.5 Å². The van der Waals surface area contributed by atoms with Crippen LogP contribution in [0, 0.1) is 0 Å². The lowest BCUT2D eigenvalue weighted by atomic mass is 10.0. The Morgan fingerprint density at radius 2 is 2.10 bits per heavy atom. The van der Waals surface area contributed by atoms with Gasteiger partial charge in [0.1, 0.15) is 17.8 Å². The molecule has 1 atom stereocenters. The Kier molecular flexibility index (Phi) is 3.54. The van der Waals surface area contributed by atoms with E-state index in [4.69, 9.17) is 9.47 Å². The fourth-order valence-electron chi connectivity index (χ4n) is 2.39. The maximum absolute atomic E-state index is 11.8. The lowest BCUT2D eigenvalue weighted by Gasteiger charge is -2.25. The Balaban J connectivity index is 2.13. The molecule has 2 aromatic rings. The number of halogens is 1. The van der Waals surface area contributed by atoms with Crippen molar-refractivity contribution < 1.29 is 14.3 Å². The number of carbonyl (C=O) groups is 1. The Morgan fingerprint density at radius 3 is 2.81 bits per heavy atom. The Hall–Kier alpha value is -2.09. The van der Waals surface area contributed by atoms with Crippen molar-refractivity contribution in [2.45, 2.75) is 12.5 Å². The van der Waals surface area contributed by atoms with E-state index in [1.807, 2.05) is 6.07 Å². The SMILES string of the molecule is COc1cc(OC)c(C2CC(=O)Nc3ncnn32)cc1Br. The largest absolute Gasteiger partial charge is 0.496 e. The van der Waals surface area contributed by atoms with Crippen LogP contribution in [-0.4, -0.2) is 34.9 Å². The highest BCUT2D eigenvalue weighted by molar-refractivity contribution is 9.10. The molecule has 1 aromatic heterocycles. The minimum absolute atomic E-state index is 0.102. The average molecular weight is 353 g/mol. The Bertz CT molecular complexity index is 701. The van der Waals surface area contributed by atoms with E-state index in [0.717, 1.165) is 10.0 Å². The van der Waals surface area contributed by atoms with Gasteiger partial charge in [-0.25, -0.2) is 4.68 Å². The zero-order valence-electron chi connectivity index (χ0n) is 11.5. The maximum atomic E-state index is 11.8. The van der Waals surface area contributed by atoms with Crippen LogP contribution in [0.25, 0.3) is 0 Å². The number of rotatable bonds is 3. The predicted octanol–water partition coefficient (Wildman–Crippen LogP) is 1.99. The second kappa shape index (κ2) is 5.36. The summed E-state index contributed by atoms with van der Waals surface area (Å²) in [6, 6.07) is 3.39. The van der Waals surface area contributed by atoms with Gasteiger partial charge in [0.25, 0.3) is 0 Å². The second-order valence-corrected chi connectivity index (χ2v) is 5.38. The first-order chi connectivity index (χ1) is 10.1. The molecule has 0 bridgehead atoms. The summed E-state index contributed by atoms with van der Waals surface area (Å²) in [5, 5.41) is 6.87. The summed E-state index contributed by atoms with van der Waals surface area (Å²) < 4.78 is 13.2. The van der Waals surface area contributed by atoms with Crippen LogP contribution in [0.5, 0.6) is 11.5 Å². The molecule has 1 aliphatic rings. The van der Waals surface area contributed by atoms with Crippen molar-refractivity contribution in [3.63, 3.8) is 0 Å². The first-order valence-electron chi connectivity index (χ1n) is 6.24. The van der Waals surface area contributed by atoms with Gasteiger partial charge in [-0.15, -0.1) is 0 Å². The van der Waals surface area contributed by atoms with Crippen LogP contribution in [0.2, 0.25) is 0 Å². The van der Waals surface area contributed by atoms with Gasteiger partial charge < -0.3 is 9.47 Å². The minimum atomic E-state index is -0.270. The quantitative estimate of drug-likeness (QED) is 0.913. The normalized spacial score (nSPS) is 17.1. The average Bonchev–Trinajstić information content (AvgIpc) is 2.94. The molecule has 0 fully saturated rings. The van der Waals surface area contributed by atoms with Gasteiger partial charge in [-0.3, -0.25) is 10.1 Å². The van der Waals surface area contributed by atoms with Gasteiger partial charge in [-0.2, -0.15) is 10.1 Å². The van der Waals surface area contributed by atoms with E-state index in [9.17, 15) is 4.79 Å². The number of ether oxygens (including phenoxy) is 2. The van der Waals surface area contributed by atoms with Gasteiger partial charge in [-0.1, -0.05) is 0 Å². The van der Waals surface area contributed by atoms with Crippen LogP contribution in [0.1, 0.15) is 18.0 Å². The number of anilines is 1. The molecule has 1 N–H and O–H groups in total. The van der Waals surface area contributed by atoms with Gasteiger partial charge in [-0.05, 0) is 22.0 Å². The monoisotopic (exact) mass is 352 g/mol. The number of benzene rings is 1. The summed E-state index contributed by atoms with van der Waals surface area (Å²) in [7, 11) is 3.17. The molecule has 1 unspecified atom stereocenters. The number of hydrogen-bond acceptors (Lipinski definition) is 5. The van der Waals surface area contributed by atoms with E-state index in [2.05, 4.69) is 31.3 Å². The van der Waals surface area contributed by atoms with Gasteiger partial charge >= 0.3 is 0 Å². The topological polar surface area (TPSA) is 78.3 Å². The molecule has 0 radical (unpaired) electrons. The number of carbonyl (C=O) groups excluding carboxylic acids is 1. The maximum Gasteiger partial charge on any atom is 0.229 e. The van der Waals surface area contributed by atoms with E-state index < -0.39 is 0 Å². The molecule has 0 spiro atoms. The Morgan fingerprint density at radius 1 is 1.33 bits per heavy atom. The Labute approximate surface area is 129 Å². The molecule has 0 saturated carbocycles. The van der Waals surface area contributed by atoms with E-state index in [-0.39, 0.29) is 18.4 Å². The molecule has 1 amide bonds. The number of methoxy groups -OCH3 is 2. The molecule has 3 rings (SSSR count). The lowest BCUT2D eigenvalue weighted by Crippen LogP contribution is -2.29. The van der Waals surface area contributed by atoms with Crippen LogP contribution in [0.4, 0.5) is 5.95 Å². The van der Waals surface area contributed by atoms with Gasteiger partial charge in [0.15, 0.2) is 0 Å². The summed E-state index contributed by atoms with van der Waals surface area (Å²) in [4.78, 5) is 15.9. The van der Waals surface area contributed by atoms with Crippen molar-refractivity contribution in [3.05, 3.63) is 28.5 Å². The number of amides is 1. The first kappa shape index (κ1) is 13.9. The predicted molar refractivity (Wildman–Crippen MR) is 78.7 cm³/mol. The standard InChI is InChI=1S/C13H13BrN4O3/c1-20-10-5-11(21-2)8(14)3-7(10)9-4-12(19)17-13-15-6-16-18(9)13/h3,5-6,9H,4H2,1-2H3,(H,15,16,17,19). The molecule has 2 heterocycles. The van der Waals surface area contributed by atoms with Crippen molar-refractivity contribution in [1.82, 2.24) is 14.8 Å². The lowest BCUT2D eigenvalue weighted by molar-refractivity contribution is -0.117. The van der Waals surface area contributed by atoms with E-state index in [1.54, 1.807) is 25.0 Å². The number of nitrogens with zero attached hydrogens (tertiary/aromatic N) is 3. The van der Waals surface area contributed by atoms with Crippen LogP contribution < -0.4 is 14.8 Å². The second-order valence-electron chi connectivity index (χ2n) is 4.53. The number of nitrogens with one attached hydrogen (secondary N) is 1. The third-order valence-corrected chi connectivity index (χ3v) is 3.98. The third kappa shape index (κ3) is 2.35. The zero-order chi connectivity index (χ0) is 15.0. The molecule has 7 nitrogen and oxygen atoms in total. The van der Waals surface area contributed by atoms with Gasteiger partial charge in [0.05, 0.1) is 31.2 Å². The summed E-state index contributed by atoms with van der Waals surface area (Å²) >= 11 is 3.46. The number of aromatic nitrogens is 3. The van der Waals surface area contributed by atoms with E-state index in [0.29, 0.717) is 17.4 Å². The molecule has 110 valence electrons. The van der Waals surface area contributed by atoms with E-state index >= 15 is 0 Å². The summed E-state index contributed by atoms with van der Waals surface area (Å²) in [5.41, 5.74) is 0.840. The molecular formula is C13H13BrN4O3. The molecule has 1 aromatic carbocycles. The van der Waals surface area contributed by atoms with Crippen LogP contribution in [-0.2, 0) is 4.79 Å². The number of fused-ring (bicyclic) bond motifs is 1. The van der Waals surface area contributed by atoms with Gasteiger partial charge in [0, 0.05) is 11.6 Å². The zero-order valence-corrected chi connectivity index (χ0v) is 13.0. The fraction of sp³-hybridized carbons (Fsp3) is 0.308. The van der Waals surface area contributed by atoms with Crippen LogP contribution in [0.3, 0.4) is 0 Å². The molecule has 0 aliphatic carbocycles. The highest BCUT2D eigenvalue weighted by Gasteiger charge is 2.30. The summed E-state index contributed by atoms with van der Waals surface area (Å²) in [6.45, 7) is 0. The van der Waals surface area contributed by atoms with Crippen molar-refractivity contribution in [2.24, 2.45) is 0 Å². The molecule has 21 heavy (non-hydrogen) atoms. The molecule has 0 saturated heterocycles. The number of hydrogen-bond donors (Lipinski definition) is 1. The van der Waals surface area contributed by atoms with Crippen LogP contribution >= 0.6 is 15.9 Å². The van der Waals surface area contributed by atoms with E-state index in [1.165, 1.54) is 6.33 Å². The molecular weight excluding hydrogens is 340 g/mol. The smallest absolute Gasteiger partial charge is 0.229 e. The first-order valence-corrected chi connectivity index (χ1v) is 7.04. The highest BCUT2D eigenvalue weighted by Crippen LogP contribution is 2.39. The summed E-state index contributed by atoms with van der Waals surface area (Å²) in [6.07, 6.45) is 1.68. The fourth-order valence-corrected chi connectivity index (χ4v) is 2.91. The third-order valence-electron chi connectivity index (χ3n) is 3.36. The minimum Gasteiger partial charge on any atom is -0.496 e. The summed E-state index contributed by atoms with van der Waals surface area (Å²) in [5.74, 6) is 1.63. The van der Waals surface area contributed by atoms with Crippen molar-refractivity contribution in [1.29, 1.82) is 0 Å². The highest BCUT2D eigenvalue weighted by atomic mass is 79.9.